The van der Waals surface area contributed by atoms with Crippen molar-refractivity contribution in [2.24, 2.45) is 11.1 Å². The molecule has 0 spiro atoms. The Balaban J connectivity index is 2.37. The zero-order chi connectivity index (χ0) is 11.1. The van der Waals surface area contributed by atoms with Crippen LogP contribution in [-0.4, -0.2) is 6.54 Å². The Bertz CT molecular complexity index is 375. The summed E-state index contributed by atoms with van der Waals surface area (Å²) in [5.74, 6) is -2.87. The van der Waals surface area contributed by atoms with Crippen molar-refractivity contribution >= 4 is 11.6 Å². The van der Waals surface area contributed by atoms with Crippen LogP contribution in [0.2, 0.25) is 5.02 Å². The average Bonchev–Trinajstić information content (AvgIpc) is 2.98. The molecule has 1 nitrogen and oxygen atoms in total. The van der Waals surface area contributed by atoms with Gasteiger partial charge in [-0.25, -0.2) is 8.78 Å². The third-order valence-electron chi connectivity index (χ3n) is 3.10. The summed E-state index contributed by atoms with van der Waals surface area (Å²) in [4.78, 5) is 0. The molecule has 0 radical (unpaired) electrons. The maximum absolute atomic E-state index is 14.0. The summed E-state index contributed by atoms with van der Waals surface area (Å²) in [6.07, 6.45) is 0.978. The number of rotatable bonds is 3. The normalized spacial score (nSPS) is 18.9. The topological polar surface area (TPSA) is 26.0 Å². The van der Waals surface area contributed by atoms with Crippen molar-refractivity contribution in [3.05, 3.63) is 34.9 Å². The Morgan fingerprint density at radius 3 is 2.53 bits per heavy atom. The molecule has 0 bridgehead atoms. The minimum atomic E-state index is -2.87. The van der Waals surface area contributed by atoms with Crippen LogP contribution >= 0.6 is 11.6 Å². The van der Waals surface area contributed by atoms with Crippen molar-refractivity contribution in [2.45, 2.75) is 18.8 Å². The Morgan fingerprint density at radius 1 is 1.40 bits per heavy atom. The van der Waals surface area contributed by atoms with Gasteiger partial charge >= 0.3 is 0 Å². The lowest BCUT2D eigenvalue weighted by Gasteiger charge is -2.25. The fourth-order valence-corrected chi connectivity index (χ4v) is 1.98. The van der Waals surface area contributed by atoms with E-state index in [0.717, 1.165) is 0 Å². The first-order chi connectivity index (χ1) is 7.02. The lowest BCUT2D eigenvalue weighted by atomic mass is 9.92. The Hall–Kier alpha value is -0.670. The van der Waals surface area contributed by atoms with E-state index in [1.807, 2.05) is 0 Å². The fraction of sp³-hybridized carbons (Fsp3) is 0.455. The average molecular weight is 232 g/mol. The van der Waals surface area contributed by atoms with Gasteiger partial charge in [-0.05, 0) is 25.0 Å². The summed E-state index contributed by atoms with van der Waals surface area (Å²) in [5, 5.41) is 0.333. The smallest absolute Gasteiger partial charge is 0.279 e. The van der Waals surface area contributed by atoms with Gasteiger partial charge in [0.25, 0.3) is 5.92 Å². The van der Waals surface area contributed by atoms with Crippen molar-refractivity contribution in [1.82, 2.24) is 0 Å². The highest BCUT2D eigenvalue weighted by atomic mass is 35.5. The minimum Gasteiger partial charge on any atom is -0.330 e. The van der Waals surface area contributed by atoms with Gasteiger partial charge in [-0.15, -0.1) is 0 Å². The van der Waals surface area contributed by atoms with Gasteiger partial charge in [-0.2, -0.15) is 0 Å². The first-order valence-corrected chi connectivity index (χ1v) is 5.24. The molecule has 1 saturated carbocycles. The lowest BCUT2D eigenvalue weighted by molar-refractivity contribution is -0.0762. The number of halogens is 3. The van der Waals surface area contributed by atoms with Crippen molar-refractivity contribution in [2.75, 3.05) is 6.54 Å². The van der Waals surface area contributed by atoms with Gasteiger partial charge in [-0.1, -0.05) is 23.7 Å². The van der Waals surface area contributed by atoms with Crippen molar-refractivity contribution in [3.63, 3.8) is 0 Å². The summed E-state index contributed by atoms with van der Waals surface area (Å²) in [7, 11) is 0. The standard InChI is InChI=1S/C11H12ClF2N/c12-9-3-1-2-8(6-9)11(13,14)10(7-15)4-5-10/h1-3,6H,4-5,7,15H2. The molecule has 0 atom stereocenters. The number of hydrogen-bond acceptors (Lipinski definition) is 1. The number of nitrogens with two attached hydrogens (primary N) is 1. The Kier molecular flexibility index (Phi) is 2.47. The van der Waals surface area contributed by atoms with E-state index in [-0.39, 0.29) is 12.1 Å². The summed E-state index contributed by atoms with van der Waals surface area (Å²) in [6.45, 7) is 0.0204. The van der Waals surface area contributed by atoms with Crippen LogP contribution in [0.5, 0.6) is 0 Å². The number of benzene rings is 1. The zero-order valence-electron chi connectivity index (χ0n) is 8.14. The second kappa shape index (κ2) is 3.42. The highest BCUT2D eigenvalue weighted by Crippen LogP contribution is 2.60. The Labute approximate surface area is 92.2 Å². The first-order valence-electron chi connectivity index (χ1n) is 4.86. The van der Waals surface area contributed by atoms with Gasteiger partial charge in [0.2, 0.25) is 0 Å². The molecule has 2 rings (SSSR count). The van der Waals surface area contributed by atoms with Gasteiger partial charge in [0.1, 0.15) is 0 Å². The third kappa shape index (κ3) is 1.64. The van der Waals surface area contributed by atoms with Crippen LogP contribution in [0.4, 0.5) is 8.78 Å². The second-order valence-electron chi connectivity index (χ2n) is 4.07. The van der Waals surface area contributed by atoms with E-state index < -0.39 is 11.3 Å². The maximum Gasteiger partial charge on any atom is 0.279 e. The molecule has 2 N–H and O–H groups in total. The van der Waals surface area contributed by atoms with Crippen LogP contribution in [0.1, 0.15) is 18.4 Å². The minimum absolute atomic E-state index is 0.0204. The van der Waals surface area contributed by atoms with E-state index in [2.05, 4.69) is 0 Å². The van der Waals surface area contributed by atoms with Crippen molar-refractivity contribution in [1.29, 1.82) is 0 Å². The van der Waals surface area contributed by atoms with Gasteiger partial charge in [0.05, 0.1) is 5.41 Å². The third-order valence-corrected chi connectivity index (χ3v) is 3.33. The van der Waals surface area contributed by atoms with Crippen LogP contribution in [0.15, 0.2) is 24.3 Å². The molecular formula is C11H12ClF2N. The highest BCUT2D eigenvalue weighted by molar-refractivity contribution is 6.30. The van der Waals surface area contributed by atoms with Crippen LogP contribution < -0.4 is 5.73 Å². The van der Waals surface area contributed by atoms with E-state index in [4.69, 9.17) is 17.3 Å². The molecule has 1 aromatic rings. The predicted molar refractivity (Wildman–Crippen MR) is 56.1 cm³/mol. The summed E-state index contributed by atoms with van der Waals surface area (Å²) in [5.41, 5.74) is 4.36. The number of hydrogen-bond donors (Lipinski definition) is 1. The molecule has 82 valence electrons. The first kappa shape index (κ1) is 10.8. The molecule has 0 saturated heterocycles. The van der Waals surface area contributed by atoms with E-state index in [1.54, 1.807) is 6.07 Å². The monoisotopic (exact) mass is 231 g/mol. The molecule has 4 heteroatoms. The Morgan fingerprint density at radius 2 is 2.07 bits per heavy atom. The SMILES string of the molecule is NCC1(C(F)(F)c2cccc(Cl)c2)CC1. The van der Waals surface area contributed by atoms with Gasteiger partial charge < -0.3 is 5.73 Å². The van der Waals surface area contributed by atoms with Crippen LogP contribution in [0.25, 0.3) is 0 Å². The molecule has 0 heterocycles. The van der Waals surface area contributed by atoms with Crippen molar-refractivity contribution < 1.29 is 8.78 Å². The fourth-order valence-electron chi connectivity index (χ4n) is 1.79. The molecule has 15 heavy (non-hydrogen) atoms. The van der Waals surface area contributed by atoms with Crippen molar-refractivity contribution in [3.8, 4) is 0 Å². The largest absolute Gasteiger partial charge is 0.330 e. The molecule has 1 aliphatic rings. The molecule has 0 aromatic heterocycles. The van der Waals surface area contributed by atoms with Crippen LogP contribution in [0.3, 0.4) is 0 Å². The lowest BCUT2D eigenvalue weighted by Crippen LogP contribution is -2.33. The van der Waals surface area contributed by atoms with Crippen LogP contribution in [0, 0.1) is 5.41 Å². The number of alkyl halides is 2. The summed E-state index contributed by atoms with van der Waals surface area (Å²) in [6, 6.07) is 5.85. The van der Waals surface area contributed by atoms with Gasteiger partial charge in [0, 0.05) is 17.1 Å². The van der Waals surface area contributed by atoms with E-state index in [1.165, 1.54) is 18.2 Å². The second-order valence-corrected chi connectivity index (χ2v) is 4.51. The van der Waals surface area contributed by atoms with E-state index in [9.17, 15) is 8.78 Å². The molecule has 1 aromatic carbocycles. The summed E-state index contributed by atoms with van der Waals surface area (Å²) >= 11 is 5.70. The quantitative estimate of drug-likeness (QED) is 0.850. The highest BCUT2D eigenvalue weighted by Gasteiger charge is 2.61. The molecular weight excluding hydrogens is 220 g/mol. The van der Waals surface area contributed by atoms with Crippen LogP contribution in [-0.2, 0) is 5.92 Å². The molecule has 1 fully saturated rings. The van der Waals surface area contributed by atoms with Gasteiger partial charge in [-0.3, -0.25) is 0 Å². The molecule has 0 amide bonds. The predicted octanol–water partition coefficient (Wildman–Crippen LogP) is 3.17. The van der Waals surface area contributed by atoms with E-state index in [0.29, 0.717) is 17.9 Å². The maximum atomic E-state index is 14.0. The molecule has 0 aliphatic heterocycles. The molecule has 0 unspecified atom stereocenters. The zero-order valence-corrected chi connectivity index (χ0v) is 8.90. The van der Waals surface area contributed by atoms with E-state index >= 15 is 0 Å². The summed E-state index contributed by atoms with van der Waals surface area (Å²) < 4.78 is 28.1. The molecule has 1 aliphatic carbocycles. The van der Waals surface area contributed by atoms with Gasteiger partial charge in [0.15, 0.2) is 0 Å².